The largest absolute Gasteiger partial charge is 1.00 e. The summed E-state index contributed by atoms with van der Waals surface area (Å²) in [4.78, 5) is 9.53. The van der Waals surface area contributed by atoms with E-state index in [1.165, 1.54) is 6.92 Å². The van der Waals surface area contributed by atoms with E-state index in [2.05, 4.69) is 11.8 Å². The van der Waals surface area contributed by atoms with E-state index in [1.54, 1.807) is 0 Å². The molecule has 0 atom stereocenters. The second-order valence-electron chi connectivity index (χ2n) is 0.636. The van der Waals surface area contributed by atoms with Crippen molar-refractivity contribution in [3.63, 3.8) is 0 Å². The second kappa shape index (κ2) is 5.07. The third kappa shape index (κ3) is 8.95. The van der Waals surface area contributed by atoms with Crippen LogP contribution in [0.1, 0.15) is 6.92 Å². The Morgan fingerprint density at radius 1 is 1.83 bits per heavy atom. The third-order valence-corrected chi connectivity index (χ3v) is 0.203. The molecule has 0 rings (SSSR count). The van der Waals surface area contributed by atoms with Crippen LogP contribution in [-0.4, -0.2) is 5.97 Å². The molecule has 3 heteroatoms. The topological polar surface area (TPSA) is 26.3 Å². The molecule has 0 bridgehead atoms. The molecular formula is C3H5LiO2. The van der Waals surface area contributed by atoms with Crippen molar-refractivity contribution in [3.05, 3.63) is 7.11 Å². The van der Waals surface area contributed by atoms with Crippen LogP contribution in [-0.2, 0) is 9.53 Å². The Balaban J connectivity index is 0. The average molecular weight is 80.0 g/mol. The van der Waals surface area contributed by atoms with Gasteiger partial charge in [-0.2, -0.15) is 7.11 Å². The molecule has 0 aromatic carbocycles. The SMILES string of the molecule is [CH2-]OC(C)=O.[Li+]. The first kappa shape index (κ1) is 9.42. The van der Waals surface area contributed by atoms with Gasteiger partial charge in [-0.05, 0) is 0 Å². The Labute approximate surface area is 49.0 Å². The second-order valence-corrected chi connectivity index (χ2v) is 0.636. The van der Waals surface area contributed by atoms with Crippen molar-refractivity contribution in [2.24, 2.45) is 0 Å². The number of esters is 1. The van der Waals surface area contributed by atoms with E-state index in [0.29, 0.717) is 0 Å². The summed E-state index contributed by atoms with van der Waals surface area (Å²) in [7, 11) is 2.84. The smallest absolute Gasteiger partial charge is 0.640 e. The van der Waals surface area contributed by atoms with Gasteiger partial charge < -0.3 is 4.74 Å². The van der Waals surface area contributed by atoms with Crippen molar-refractivity contribution < 1.29 is 28.4 Å². The van der Waals surface area contributed by atoms with Crippen LogP contribution in [0.25, 0.3) is 0 Å². The van der Waals surface area contributed by atoms with Crippen LogP contribution in [0.2, 0.25) is 0 Å². The molecule has 0 aromatic heterocycles. The molecule has 0 aromatic rings. The van der Waals surface area contributed by atoms with E-state index < -0.39 is 0 Å². The summed E-state index contributed by atoms with van der Waals surface area (Å²) in [5, 5.41) is 0. The predicted molar refractivity (Wildman–Crippen MR) is 17.1 cm³/mol. The van der Waals surface area contributed by atoms with Crippen molar-refractivity contribution in [3.8, 4) is 0 Å². The maximum absolute atomic E-state index is 9.53. The van der Waals surface area contributed by atoms with Crippen LogP contribution < -0.4 is 18.9 Å². The fraction of sp³-hybridized carbons (Fsp3) is 0.333. The Bertz CT molecular complexity index is 44.1. The summed E-state index contributed by atoms with van der Waals surface area (Å²) in [6, 6.07) is 0. The molecule has 30 valence electrons. The molecule has 6 heavy (non-hydrogen) atoms. The van der Waals surface area contributed by atoms with Crippen molar-refractivity contribution in [1.82, 2.24) is 0 Å². The van der Waals surface area contributed by atoms with Gasteiger partial charge in [0.05, 0.1) is 0 Å². The van der Waals surface area contributed by atoms with E-state index in [1.807, 2.05) is 0 Å². The first-order valence-corrected chi connectivity index (χ1v) is 1.20. The van der Waals surface area contributed by atoms with Crippen LogP contribution in [0, 0.1) is 7.11 Å². The maximum Gasteiger partial charge on any atom is 1.00 e. The van der Waals surface area contributed by atoms with E-state index in [-0.39, 0.29) is 24.8 Å². The average Bonchev–Trinajstić information content (AvgIpc) is 1.38. The minimum atomic E-state index is -0.356. The maximum atomic E-state index is 9.53. The number of rotatable bonds is 0. The van der Waals surface area contributed by atoms with E-state index in [4.69, 9.17) is 0 Å². The van der Waals surface area contributed by atoms with Crippen LogP contribution in [0.3, 0.4) is 0 Å². The summed E-state index contributed by atoms with van der Waals surface area (Å²) in [6.07, 6.45) is 0. The number of hydrogen-bond donors (Lipinski definition) is 0. The summed E-state index contributed by atoms with van der Waals surface area (Å²) in [5.41, 5.74) is 0. The van der Waals surface area contributed by atoms with Crippen molar-refractivity contribution in [1.29, 1.82) is 0 Å². The summed E-state index contributed by atoms with van der Waals surface area (Å²) in [6.45, 7) is 1.30. The minimum Gasteiger partial charge on any atom is -0.640 e. The summed E-state index contributed by atoms with van der Waals surface area (Å²) >= 11 is 0. The van der Waals surface area contributed by atoms with Gasteiger partial charge in [-0.25, -0.2) is 0 Å². The minimum absolute atomic E-state index is 0. The molecular weight excluding hydrogens is 75.0 g/mol. The zero-order valence-corrected chi connectivity index (χ0v) is 4.02. The molecule has 0 heterocycles. The van der Waals surface area contributed by atoms with Gasteiger partial charge in [-0.1, -0.05) is 0 Å². The van der Waals surface area contributed by atoms with Gasteiger partial charge in [-0.15, -0.1) is 0 Å². The van der Waals surface area contributed by atoms with E-state index >= 15 is 0 Å². The molecule has 0 saturated heterocycles. The van der Waals surface area contributed by atoms with Gasteiger partial charge in [-0.3, -0.25) is 4.79 Å². The molecule has 0 saturated carbocycles. The first-order chi connectivity index (χ1) is 2.27. The van der Waals surface area contributed by atoms with E-state index in [9.17, 15) is 4.79 Å². The monoisotopic (exact) mass is 80.0 g/mol. The van der Waals surface area contributed by atoms with Crippen molar-refractivity contribution >= 4 is 5.97 Å². The number of ether oxygens (including phenoxy) is 1. The van der Waals surface area contributed by atoms with Gasteiger partial charge in [0.15, 0.2) is 0 Å². The molecule has 0 spiro atoms. The number of carbonyl (C=O) groups excluding carboxylic acids is 1. The molecule has 0 N–H and O–H groups in total. The molecule has 0 radical (unpaired) electrons. The first-order valence-electron chi connectivity index (χ1n) is 1.20. The number of hydrogen-bond acceptors (Lipinski definition) is 2. The van der Waals surface area contributed by atoms with Gasteiger partial charge in [0.1, 0.15) is 0 Å². The number of carbonyl (C=O) groups is 1. The summed E-state index contributed by atoms with van der Waals surface area (Å²) < 4.78 is 3.86. The summed E-state index contributed by atoms with van der Waals surface area (Å²) in [5.74, 6) is -0.356. The molecule has 0 aliphatic carbocycles. The Hall–Kier alpha value is 0.0674. The Kier molecular flexibility index (Phi) is 7.95. The van der Waals surface area contributed by atoms with Crippen LogP contribution >= 0.6 is 0 Å². The van der Waals surface area contributed by atoms with E-state index in [0.717, 1.165) is 0 Å². The van der Waals surface area contributed by atoms with Crippen LogP contribution in [0.5, 0.6) is 0 Å². The Morgan fingerprint density at radius 3 is 2.00 bits per heavy atom. The fourth-order valence-corrected chi connectivity index (χ4v) is 0. The zero-order chi connectivity index (χ0) is 4.28. The van der Waals surface area contributed by atoms with Crippen LogP contribution in [0.4, 0.5) is 0 Å². The standard InChI is InChI=1S/C3H5O2.Li/c1-3(4)5-2;/h2H2,1H3;/q-1;+1. The van der Waals surface area contributed by atoms with Gasteiger partial charge in [0.25, 0.3) is 5.97 Å². The molecule has 0 aliphatic rings. The van der Waals surface area contributed by atoms with Gasteiger partial charge >= 0.3 is 18.9 Å². The fourth-order valence-electron chi connectivity index (χ4n) is 0. The van der Waals surface area contributed by atoms with Crippen LogP contribution in [0.15, 0.2) is 0 Å². The normalized spacial score (nSPS) is 5.67. The molecule has 2 nitrogen and oxygen atoms in total. The Morgan fingerprint density at radius 2 is 2.00 bits per heavy atom. The molecule has 0 aliphatic heterocycles. The molecule has 0 unspecified atom stereocenters. The third-order valence-electron chi connectivity index (χ3n) is 0.203. The molecule has 0 amide bonds. The van der Waals surface area contributed by atoms with Crippen molar-refractivity contribution in [2.45, 2.75) is 6.92 Å². The quantitative estimate of drug-likeness (QED) is 0.180. The van der Waals surface area contributed by atoms with Crippen molar-refractivity contribution in [2.75, 3.05) is 0 Å². The molecule has 0 fully saturated rings. The van der Waals surface area contributed by atoms with Gasteiger partial charge in [0, 0.05) is 6.92 Å². The predicted octanol–water partition coefficient (Wildman–Crippen LogP) is -2.65. The van der Waals surface area contributed by atoms with Gasteiger partial charge in [0.2, 0.25) is 0 Å². The zero-order valence-electron chi connectivity index (χ0n) is 4.02.